The summed E-state index contributed by atoms with van der Waals surface area (Å²) in [7, 11) is 1.38. The van der Waals surface area contributed by atoms with E-state index in [4.69, 9.17) is 10.5 Å². The van der Waals surface area contributed by atoms with Crippen molar-refractivity contribution in [2.24, 2.45) is 5.73 Å². The van der Waals surface area contributed by atoms with Gasteiger partial charge in [-0.2, -0.15) is 0 Å². The summed E-state index contributed by atoms with van der Waals surface area (Å²) in [4.78, 5) is 0. The van der Waals surface area contributed by atoms with E-state index in [1.54, 1.807) is 13.8 Å². The molecule has 3 nitrogen and oxygen atoms in total. The fraction of sp³-hybridized carbons (Fsp3) is 0.455. The SMILES string of the molecule is COc1c(O)cc(Br)c(F)c1CC(C)(C)N. The lowest BCUT2D eigenvalue weighted by Gasteiger charge is -2.21. The van der Waals surface area contributed by atoms with Crippen LogP contribution in [0.1, 0.15) is 19.4 Å². The Bertz CT molecular complexity index is 402. The molecular formula is C11H15BrFNO2. The van der Waals surface area contributed by atoms with Gasteiger partial charge in [0.15, 0.2) is 11.5 Å². The highest BCUT2D eigenvalue weighted by Crippen LogP contribution is 2.37. The lowest BCUT2D eigenvalue weighted by atomic mass is 9.95. The van der Waals surface area contributed by atoms with E-state index < -0.39 is 11.4 Å². The average Bonchev–Trinajstić information content (AvgIpc) is 2.12. The number of ether oxygens (including phenoxy) is 1. The molecule has 0 fully saturated rings. The van der Waals surface area contributed by atoms with Gasteiger partial charge in [0.2, 0.25) is 0 Å². The highest BCUT2D eigenvalue weighted by Gasteiger charge is 2.23. The van der Waals surface area contributed by atoms with E-state index >= 15 is 0 Å². The van der Waals surface area contributed by atoms with Crippen molar-refractivity contribution in [3.05, 3.63) is 21.9 Å². The summed E-state index contributed by atoms with van der Waals surface area (Å²) in [6.07, 6.45) is 0.273. The number of aromatic hydroxyl groups is 1. The number of hydrogen-bond donors (Lipinski definition) is 2. The molecule has 3 N–H and O–H groups in total. The van der Waals surface area contributed by atoms with E-state index in [1.165, 1.54) is 13.2 Å². The van der Waals surface area contributed by atoms with Crippen LogP contribution in [0.4, 0.5) is 4.39 Å². The van der Waals surface area contributed by atoms with Crippen molar-refractivity contribution in [1.29, 1.82) is 0 Å². The second-order valence-electron chi connectivity index (χ2n) is 4.37. The van der Waals surface area contributed by atoms with Crippen molar-refractivity contribution < 1.29 is 14.2 Å². The summed E-state index contributed by atoms with van der Waals surface area (Å²) in [6, 6.07) is 1.27. The molecule has 0 aliphatic heterocycles. The Labute approximate surface area is 103 Å². The Morgan fingerprint density at radius 2 is 2.12 bits per heavy atom. The van der Waals surface area contributed by atoms with Crippen LogP contribution < -0.4 is 10.5 Å². The largest absolute Gasteiger partial charge is 0.504 e. The highest BCUT2D eigenvalue weighted by atomic mass is 79.9. The van der Waals surface area contributed by atoms with Crippen LogP contribution in [-0.4, -0.2) is 17.8 Å². The van der Waals surface area contributed by atoms with E-state index in [1.807, 2.05) is 0 Å². The summed E-state index contributed by atoms with van der Waals surface area (Å²) >= 11 is 3.04. The highest BCUT2D eigenvalue weighted by molar-refractivity contribution is 9.10. The van der Waals surface area contributed by atoms with E-state index in [9.17, 15) is 9.50 Å². The molecule has 1 aromatic carbocycles. The first kappa shape index (κ1) is 13.3. The first-order valence-corrected chi connectivity index (χ1v) is 5.58. The molecule has 90 valence electrons. The van der Waals surface area contributed by atoms with Crippen LogP contribution in [0.25, 0.3) is 0 Å². The maximum atomic E-state index is 13.9. The van der Waals surface area contributed by atoms with Gasteiger partial charge in [0.1, 0.15) is 5.82 Å². The number of phenols is 1. The molecule has 0 spiro atoms. The van der Waals surface area contributed by atoms with E-state index in [0.717, 1.165) is 0 Å². The lowest BCUT2D eigenvalue weighted by Crippen LogP contribution is -2.35. The minimum absolute atomic E-state index is 0.102. The lowest BCUT2D eigenvalue weighted by molar-refractivity contribution is 0.358. The molecule has 1 aromatic rings. The monoisotopic (exact) mass is 291 g/mol. The number of halogens is 2. The molecule has 16 heavy (non-hydrogen) atoms. The Morgan fingerprint density at radius 3 is 2.56 bits per heavy atom. The first-order chi connectivity index (χ1) is 7.26. The van der Waals surface area contributed by atoms with Gasteiger partial charge in [-0.3, -0.25) is 0 Å². The first-order valence-electron chi connectivity index (χ1n) is 4.79. The average molecular weight is 292 g/mol. The quantitative estimate of drug-likeness (QED) is 0.900. The standard InChI is InChI=1S/C11H15BrFNO2/c1-11(2,14)5-6-9(13)7(12)4-8(15)10(6)16-3/h4,15H,5,14H2,1-3H3. The fourth-order valence-electron chi connectivity index (χ4n) is 1.49. The van der Waals surface area contributed by atoms with Crippen molar-refractivity contribution in [1.82, 2.24) is 0 Å². The zero-order valence-corrected chi connectivity index (χ0v) is 11.1. The number of nitrogens with two attached hydrogens (primary N) is 1. The van der Waals surface area contributed by atoms with Crippen molar-refractivity contribution in [3.63, 3.8) is 0 Å². The minimum atomic E-state index is -0.582. The summed E-state index contributed by atoms with van der Waals surface area (Å²) in [5, 5.41) is 9.63. The number of methoxy groups -OCH3 is 1. The summed E-state index contributed by atoms with van der Waals surface area (Å²) < 4.78 is 19.1. The molecule has 0 aliphatic carbocycles. The fourth-order valence-corrected chi connectivity index (χ4v) is 1.94. The van der Waals surface area contributed by atoms with Crippen molar-refractivity contribution in [3.8, 4) is 11.5 Å². The molecule has 0 atom stereocenters. The smallest absolute Gasteiger partial charge is 0.166 e. The molecule has 0 radical (unpaired) electrons. The zero-order chi connectivity index (χ0) is 12.5. The second-order valence-corrected chi connectivity index (χ2v) is 5.22. The third-order valence-electron chi connectivity index (χ3n) is 2.08. The Kier molecular flexibility index (Phi) is 3.80. The van der Waals surface area contributed by atoms with Gasteiger partial charge in [-0.05, 0) is 36.2 Å². The number of benzene rings is 1. The predicted molar refractivity (Wildman–Crippen MR) is 64.3 cm³/mol. The van der Waals surface area contributed by atoms with Crippen LogP contribution in [0.2, 0.25) is 0 Å². The zero-order valence-electron chi connectivity index (χ0n) is 9.47. The van der Waals surface area contributed by atoms with Crippen LogP contribution in [0.5, 0.6) is 11.5 Å². The molecule has 0 aliphatic rings. The van der Waals surface area contributed by atoms with Crippen LogP contribution in [-0.2, 0) is 6.42 Å². The van der Waals surface area contributed by atoms with Crippen molar-refractivity contribution in [2.45, 2.75) is 25.8 Å². The van der Waals surface area contributed by atoms with Gasteiger partial charge in [-0.15, -0.1) is 0 Å². The molecule has 0 bridgehead atoms. The Hall–Kier alpha value is -0.810. The normalized spacial score (nSPS) is 11.6. The van der Waals surface area contributed by atoms with E-state index in [-0.39, 0.29) is 28.0 Å². The van der Waals surface area contributed by atoms with Crippen LogP contribution >= 0.6 is 15.9 Å². The van der Waals surface area contributed by atoms with Crippen LogP contribution in [0, 0.1) is 5.82 Å². The Morgan fingerprint density at radius 1 is 1.56 bits per heavy atom. The maximum absolute atomic E-state index is 13.9. The topological polar surface area (TPSA) is 55.5 Å². The molecule has 0 saturated carbocycles. The summed E-state index contributed by atoms with van der Waals surface area (Å²) in [6.45, 7) is 3.56. The van der Waals surface area contributed by atoms with Gasteiger partial charge in [0, 0.05) is 17.2 Å². The molecule has 0 heterocycles. The summed E-state index contributed by atoms with van der Waals surface area (Å²) in [5.41, 5.74) is 5.54. The van der Waals surface area contributed by atoms with E-state index in [2.05, 4.69) is 15.9 Å². The predicted octanol–water partition coefficient (Wildman–Crippen LogP) is 2.58. The van der Waals surface area contributed by atoms with E-state index in [0.29, 0.717) is 0 Å². The Balaban J connectivity index is 3.33. The van der Waals surface area contributed by atoms with Gasteiger partial charge in [0.05, 0.1) is 11.6 Å². The minimum Gasteiger partial charge on any atom is -0.504 e. The van der Waals surface area contributed by atoms with Crippen molar-refractivity contribution in [2.75, 3.05) is 7.11 Å². The molecule has 0 amide bonds. The molecule has 0 aromatic heterocycles. The van der Waals surface area contributed by atoms with Gasteiger partial charge in [0.25, 0.3) is 0 Å². The molecule has 0 unspecified atom stereocenters. The number of hydrogen-bond acceptors (Lipinski definition) is 3. The van der Waals surface area contributed by atoms with Crippen LogP contribution in [0.3, 0.4) is 0 Å². The van der Waals surface area contributed by atoms with Crippen LogP contribution in [0.15, 0.2) is 10.5 Å². The van der Waals surface area contributed by atoms with Crippen molar-refractivity contribution >= 4 is 15.9 Å². The van der Waals surface area contributed by atoms with Gasteiger partial charge >= 0.3 is 0 Å². The number of phenolic OH excluding ortho intramolecular Hbond substituents is 1. The molecular weight excluding hydrogens is 277 g/mol. The third kappa shape index (κ3) is 2.86. The molecule has 1 rings (SSSR count). The maximum Gasteiger partial charge on any atom is 0.166 e. The molecule has 5 heteroatoms. The number of rotatable bonds is 3. The van der Waals surface area contributed by atoms with Gasteiger partial charge in [-0.25, -0.2) is 4.39 Å². The molecule has 0 saturated heterocycles. The van der Waals surface area contributed by atoms with Gasteiger partial charge < -0.3 is 15.6 Å². The summed E-state index contributed by atoms with van der Waals surface area (Å²) in [5.74, 6) is -0.414. The third-order valence-corrected chi connectivity index (χ3v) is 2.66. The van der Waals surface area contributed by atoms with Gasteiger partial charge in [-0.1, -0.05) is 0 Å². The second kappa shape index (κ2) is 4.59.